The van der Waals surface area contributed by atoms with E-state index in [1.165, 1.54) is 62.9 Å². The van der Waals surface area contributed by atoms with Crippen LogP contribution in [-0.4, -0.2) is 83.2 Å². The minimum Gasteiger partial charge on any atom is -0.504 e. The smallest absolute Gasteiger partial charge is 0.335 e. The average Bonchev–Trinajstić information content (AvgIpc) is 4.21. The maximum Gasteiger partial charge on any atom is 0.335 e. The Hall–Kier alpha value is -7.72. The fraction of sp³-hybridized carbons (Fsp3) is 0.150. The van der Waals surface area contributed by atoms with Gasteiger partial charge in [0.15, 0.2) is 20.1 Å². The van der Waals surface area contributed by atoms with Crippen LogP contribution in [0.25, 0.3) is 18.2 Å². The van der Waals surface area contributed by atoms with Crippen molar-refractivity contribution in [3.8, 4) is 28.7 Å². The van der Waals surface area contributed by atoms with Gasteiger partial charge in [-0.1, -0.05) is 146 Å². The van der Waals surface area contributed by atoms with Gasteiger partial charge in [0, 0.05) is 6.42 Å². The van der Waals surface area contributed by atoms with Crippen molar-refractivity contribution >= 4 is 138 Å². The Balaban J connectivity index is 0.000000158. The predicted octanol–water partition coefficient (Wildman–Crippen LogP) is 13.2. The molecule has 6 aromatic rings. The number of ether oxygens (including phenoxy) is 4. The molecule has 0 bridgehead atoms. The van der Waals surface area contributed by atoms with Crippen molar-refractivity contribution in [2.24, 2.45) is 0 Å². The number of carboxylic acid groups (broad SMARTS) is 1. The maximum absolute atomic E-state index is 12.9. The summed E-state index contributed by atoms with van der Waals surface area (Å²) in [6.07, 6.45) is 8.92. The molecule has 3 saturated heterocycles. The molecule has 408 valence electrons. The van der Waals surface area contributed by atoms with Gasteiger partial charge < -0.3 is 29.2 Å². The Bertz CT molecular complexity index is 3440. The number of thioether (sulfide) groups is 3. The summed E-state index contributed by atoms with van der Waals surface area (Å²) >= 11 is 19.8. The highest BCUT2D eigenvalue weighted by Gasteiger charge is 2.35. The molecule has 3 N–H and O–H groups in total. The number of phenolic OH excluding ortho intramolecular Hbond substituents is 1. The lowest BCUT2D eigenvalue weighted by Crippen LogP contribution is -2.33. The standard InChI is InChI=1S/C21H19NO4S2.C20H17NO4S2.C19H16N2O2S2/c1-2-25-18-9-13(4-6-16(18)23)11-19-20(24)22(21(27)28-19)12-14-3-5-15-7-8-26-17(15)10-14;1-2-10-25-16-8-6-13(7-9-16)11-17-18(22)21(20(26)27-17)15-5-3-4-14(12-15)19(23)24;1-2-12-23-16-10-8-14(9-11-16)13-17-18(22)21(19(24)25-17)20-15-6-4-3-5-7-15/h3-6,9-11,23H,2,7-8,12H2,1H3;3-9,11-12H,2,10H2,1H3,(H,23,24);2-11,13,20H,1,12H2. The molecular weight excluding hydrogens is 1130 g/mol. The first-order chi connectivity index (χ1) is 38.7. The van der Waals surface area contributed by atoms with E-state index in [0.29, 0.717) is 72.1 Å². The Morgan fingerprint density at radius 1 is 0.700 bits per heavy atom. The lowest BCUT2D eigenvalue weighted by molar-refractivity contribution is -0.122. The first kappa shape index (κ1) is 58.4. The van der Waals surface area contributed by atoms with Crippen LogP contribution in [0.2, 0.25) is 0 Å². The van der Waals surface area contributed by atoms with E-state index in [0.717, 1.165) is 58.0 Å². The number of amides is 3. The van der Waals surface area contributed by atoms with Gasteiger partial charge in [-0.05, 0) is 144 Å². The highest BCUT2D eigenvalue weighted by molar-refractivity contribution is 8.28. The molecule has 4 aliphatic heterocycles. The Kier molecular flexibility index (Phi) is 20.4. The van der Waals surface area contributed by atoms with Crippen molar-refractivity contribution < 1.29 is 48.3 Å². The van der Waals surface area contributed by atoms with E-state index in [2.05, 4.69) is 18.1 Å². The number of nitrogens with zero attached hydrogens (tertiary/aromatic N) is 3. The molecule has 0 saturated carbocycles. The lowest BCUT2D eigenvalue weighted by atomic mass is 10.1. The van der Waals surface area contributed by atoms with Gasteiger partial charge in [-0.3, -0.25) is 29.6 Å². The van der Waals surface area contributed by atoms with E-state index in [4.69, 9.17) is 60.7 Å². The number of nitrogens with one attached hydrogen (secondary N) is 1. The first-order valence-corrected chi connectivity index (χ1v) is 28.6. The minimum absolute atomic E-state index is 0.0744. The zero-order valence-electron chi connectivity index (χ0n) is 43.2. The topological polar surface area (TPSA) is 167 Å². The van der Waals surface area contributed by atoms with E-state index < -0.39 is 5.97 Å². The molecule has 6 aromatic carbocycles. The van der Waals surface area contributed by atoms with Gasteiger partial charge in [-0.2, -0.15) is 0 Å². The van der Waals surface area contributed by atoms with Crippen molar-refractivity contribution in [1.82, 2.24) is 9.91 Å². The molecule has 0 unspecified atom stereocenters. The molecule has 14 nitrogen and oxygen atoms in total. The summed E-state index contributed by atoms with van der Waals surface area (Å²) in [6.45, 7) is 10.2. The Morgan fingerprint density at radius 2 is 1.34 bits per heavy atom. The van der Waals surface area contributed by atoms with E-state index in [1.54, 1.807) is 53.5 Å². The second kappa shape index (κ2) is 27.9. The van der Waals surface area contributed by atoms with Crippen LogP contribution in [0.15, 0.2) is 167 Å². The van der Waals surface area contributed by atoms with Gasteiger partial charge >= 0.3 is 5.97 Å². The summed E-state index contributed by atoms with van der Waals surface area (Å²) in [7, 11) is 0. The highest BCUT2D eigenvalue weighted by atomic mass is 32.2. The van der Waals surface area contributed by atoms with Crippen LogP contribution in [-0.2, 0) is 27.3 Å². The number of carbonyl (C=O) groups is 4. The van der Waals surface area contributed by atoms with Crippen molar-refractivity contribution in [1.29, 1.82) is 0 Å². The molecule has 0 aromatic heterocycles. The Morgan fingerprint density at radius 3 is 2.01 bits per heavy atom. The number of para-hydroxylation sites is 1. The fourth-order valence-electron chi connectivity index (χ4n) is 7.84. The average molecular weight is 1180 g/mol. The van der Waals surface area contributed by atoms with Gasteiger partial charge in [0.1, 0.15) is 28.2 Å². The summed E-state index contributed by atoms with van der Waals surface area (Å²) < 4.78 is 23.4. The van der Waals surface area contributed by atoms with Crippen LogP contribution in [0.3, 0.4) is 0 Å². The minimum atomic E-state index is -1.05. The molecule has 0 aliphatic carbocycles. The maximum atomic E-state index is 12.9. The molecule has 3 fully saturated rings. The molecule has 80 heavy (non-hydrogen) atoms. The predicted molar refractivity (Wildman–Crippen MR) is 332 cm³/mol. The van der Waals surface area contributed by atoms with E-state index in [-0.39, 0.29) is 29.0 Å². The zero-order chi connectivity index (χ0) is 56.7. The number of hydrogen-bond donors (Lipinski definition) is 3. The number of fused-ring (bicyclic) bond motifs is 1. The van der Waals surface area contributed by atoms with Gasteiger partial charge in [-0.25, -0.2) is 9.80 Å². The summed E-state index contributed by atoms with van der Waals surface area (Å²) in [5, 5.41) is 20.4. The number of aromatic carboxylic acids is 1. The number of carbonyl (C=O) groups excluding carboxylic acids is 3. The lowest BCUT2D eigenvalue weighted by Gasteiger charge is -2.16. The molecule has 20 heteroatoms. The van der Waals surface area contributed by atoms with Gasteiger partial charge in [0.25, 0.3) is 17.7 Å². The number of carboxylic acids is 1. The number of phenols is 1. The number of rotatable bonds is 17. The van der Waals surface area contributed by atoms with Crippen LogP contribution in [0, 0.1) is 0 Å². The van der Waals surface area contributed by atoms with E-state index in [1.807, 2.05) is 111 Å². The third-order valence-electron chi connectivity index (χ3n) is 11.7. The second-order valence-electron chi connectivity index (χ2n) is 17.4. The molecule has 0 atom stereocenters. The summed E-state index contributed by atoms with van der Waals surface area (Å²) in [4.78, 5) is 54.0. The number of benzene rings is 6. The molecular formula is C60H52N4O10S6. The third kappa shape index (κ3) is 15.1. The number of aromatic hydroxyl groups is 1. The van der Waals surface area contributed by atoms with Gasteiger partial charge in [0.05, 0.1) is 58.0 Å². The molecule has 0 spiro atoms. The number of hydrogen-bond acceptors (Lipinski definition) is 16. The van der Waals surface area contributed by atoms with Crippen LogP contribution in [0.4, 0.5) is 11.4 Å². The number of anilines is 2. The SMILES string of the molecule is C=CCOc1ccc(C=C2SC(=S)N(Nc3ccccc3)C2=O)cc1.CCCOc1ccc(C=C2SC(=S)N(c3cccc(C(=O)O)c3)C2=O)cc1.CCOc1cc(C=C2SC(=S)N(Cc3ccc4c(c3)OCC4)C2=O)ccc1O. The van der Waals surface area contributed by atoms with Crippen LogP contribution in [0.1, 0.15) is 58.4 Å². The number of thiocarbonyl (C=S) groups is 3. The van der Waals surface area contributed by atoms with Crippen LogP contribution < -0.4 is 29.3 Å². The zero-order valence-corrected chi connectivity index (χ0v) is 48.1. The summed E-state index contributed by atoms with van der Waals surface area (Å²) in [5.74, 6) is 1.30. The normalized spacial score (nSPS) is 16.1. The first-order valence-electron chi connectivity index (χ1n) is 24.9. The molecule has 10 rings (SSSR count). The van der Waals surface area contributed by atoms with Gasteiger partial charge in [0.2, 0.25) is 0 Å². The summed E-state index contributed by atoms with van der Waals surface area (Å²) in [5.41, 5.74) is 9.13. The fourth-order valence-corrected chi connectivity index (χ4v) is 11.6. The van der Waals surface area contributed by atoms with E-state index >= 15 is 0 Å². The van der Waals surface area contributed by atoms with E-state index in [9.17, 15) is 24.3 Å². The van der Waals surface area contributed by atoms with Crippen molar-refractivity contribution in [2.75, 3.05) is 36.8 Å². The Labute approximate surface area is 492 Å². The van der Waals surface area contributed by atoms with Crippen LogP contribution >= 0.6 is 71.9 Å². The molecule has 3 amide bonds. The largest absolute Gasteiger partial charge is 0.504 e. The monoisotopic (exact) mass is 1180 g/mol. The summed E-state index contributed by atoms with van der Waals surface area (Å²) in [6, 6.07) is 41.7. The van der Waals surface area contributed by atoms with Crippen molar-refractivity contribution in [2.45, 2.75) is 33.2 Å². The third-order valence-corrected chi connectivity index (χ3v) is 15.7. The number of hydrazine groups is 1. The highest BCUT2D eigenvalue weighted by Crippen LogP contribution is 2.39. The quantitative estimate of drug-likeness (QED) is 0.0448. The molecule has 4 heterocycles. The second-order valence-corrected chi connectivity index (χ2v) is 22.4. The van der Waals surface area contributed by atoms with Crippen LogP contribution in [0.5, 0.6) is 28.7 Å². The van der Waals surface area contributed by atoms with Crippen molar-refractivity contribution in [3.05, 3.63) is 200 Å². The molecule has 4 aliphatic rings. The van der Waals surface area contributed by atoms with Crippen molar-refractivity contribution in [3.63, 3.8) is 0 Å². The van der Waals surface area contributed by atoms with Gasteiger partial charge in [-0.15, -0.1) is 0 Å². The molecule has 0 radical (unpaired) electrons.